The number of hydrogen-bond acceptors (Lipinski definition) is 8. The standard InChI is InChI=1S/C38H44BrN3O8S/c1-7-26(2)40-38(44)33(21-27-12-9-8-10-13-27)41(24-28-14-11-15-29(39)20-28)37(43)25-42(32-22-30(47-3)16-18-34(32)48-4)51(45,46)31-17-19-35(49-5)36(23-31)50-6/h8-20,22-23,26,33H,7,21,24-25H2,1-6H3,(H,40,44)/t26-,33-/m0/s1. The molecule has 0 aliphatic heterocycles. The molecule has 4 rings (SSSR count). The Bertz CT molecular complexity index is 1910. The van der Waals surface area contributed by atoms with Gasteiger partial charge in [-0.25, -0.2) is 8.42 Å². The van der Waals surface area contributed by atoms with E-state index in [4.69, 9.17) is 18.9 Å². The molecular weight excluding hydrogens is 738 g/mol. The second-order valence-corrected chi connectivity index (χ2v) is 14.5. The van der Waals surface area contributed by atoms with Gasteiger partial charge < -0.3 is 29.2 Å². The van der Waals surface area contributed by atoms with E-state index in [1.165, 1.54) is 57.6 Å². The number of sulfonamides is 1. The molecule has 0 aliphatic rings. The molecule has 0 bridgehead atoms. The van der Waals surface area contributed by atoms with Crippen LogP contribution in [-0.2, 0) is 32.6 Å². The van der Waals surface area contributed by atoms with Crippen LogP contribution in [0.4, 0.5) is 5.69 Å². The molecule has 0 radical (unpaired) electrons. The number of benzene rings is 4. The molecule has 0 saturated heterocycles. The number of nitrogens with zero attached hydrogens (tertiary/aromatic N) is 2. The molecule has 0 saturated carbocycles. The fraction of sp³-hybridized carbons (Fsp3) is 0.316. The summed E-state index contributed by atoms with van der Waals surface area (Å²) in [7, 11) is 1.21. The Balaban J connectivity index is 1.90. The summed E-state index contributed by atoms with van der Waals surface area (Å²) in [6.07, 6.45) is 0.865. The predicted molar refractivity (Wildman–Crippen MR) is 200 cm³/mol. The van der Waals surface area contributed by atoms with Crippen molar-refractivity contribution in [2.24, 2.45) is 0 Å². The highest BCUT2D eigenvalue weighted by Gasteiger charge is 2.36. The number of rotatable bonds is 17. The van der Waals surface area contributed by atoms with Crippen molar-refractivity contribution in [3.63, 3.8) is 0 Å². The van der Waals surface area contributed by atoms with Crippen LogP contribution in [0.5, 0.6) is 23.0 Å². The minimum Gasteiger partial charge on any atom is -0.497 e. The van der Waals surface area contributed by atoms with Gasteiger partial charge in [-0.3, -0.25) is 13.9 Å². The highest BCUT2D eigenvalue weighted by atomic mass is 79.9. The molecule has 0 spiro atoms. The molecule has 13 heteroatoms. The lowest BCUT2D eigenvalue weighted by Crippen LogP contribution is -2.54. The van der Waals surface area contributed by atoms with E-state index in [2.05, 4.69) is 21.2 Å². The minimum absolute atomic E-state index is 0.0171. The first-order chi connectivity index (χ1) is 24.4. The first-order valence-corrected chi connectivity index (χ1v) is 18.5. The van der Waals surface area contributed by atoms with Gasteiger partial charge in [0.25, 0.3) is 10.0 Å². The molecule has 4 aromatic carbocycles. The zero-order valence-corrected chi connectivity index (χ0v) is 32.0. The maximum Gasteiger partial charge on any atom is 0.265 e. The number of halogens is 1. The molecule has 0 aromatic heterocycles. The van der Waals surface area contributed by atoms with Gasteiger partial charge in [-0.1, -0.05) is 65.3 Å². The quantitative estimate of drug-likeness (QED) is 0.134. The largest absolute Gasteiger partial charge is 0.497 e. The molecule has 0 aliphatic carbocycles. The van der Waals surface area contributed by atoms with Crippen molar-refractivity contribution in [1.29, 1.82) is 0 Å². The number of carbonyl (C=O) groups excluding carboxylic acids is 2. The van der Waals surface area contributed by atoms with Crippen molar-refractivity contribution in [3.8, 4) is 23.0 Å². The first kappa shape index (κ1) is 39.0. The summed E-state index contributed by atoms with van der Waals surface area (Å²) in [5.41, 5.74) is 1.63. The molecule has 0 unspecified atom stereocenters. The summed E-state index contributed by atoms with van der Waals surface area (Å²) >= 11 is 3.51. The summed E-state index contributed by atoms with van der Waals surface area (Å²) in [6, 6.07) is 24.5. The van der Waals surface area contributed by atoms with Crippen LogP contribution in [0.15, 0.2) is 100 Å². The molecule has 2 amide bonds. The number of hydrogen-bond donors (Lipinski definition) is 1. The fourth-order valence-corrected chi connectivity index (χ4v) is 7.32. The number of carbonyl (C=O) groups is 2. The zero-order chi connectivity index (χ0) is 37.1. The van der Waals surface area contributed by atoms with E-state index in [1.54, 1.807) is 12.1 Å². The van der Waals surface area contributed by atoms with E-state index in [9.17, 15) is 18.0 Å². The molecular formula is C38H44BrN3O8S. The maximum absolute atomic E-state index is 14.9. The van der Waals surface area contributed by atoms with Gasteiger partial charge in [0.1, 0.15) is 24.1 Å². The van der Waals surface area contributed by atoms with Gasteiger partial charge in [-0.2, -0.15) is 0 Å². The van der Waals surface area contributed by atoms with Crippen LogP contribution in [0.25, 0.3) is 0 Å². The molecule has 4 aromatic rings. The van der Waals surface area contributed by atoms with E-state index in [0.717, 1.165) is 19.9 Å². The normalized spacial score (nSPS) is 12.3. The molecule has 51 heavy (non-hydrogen) atoms. The lowest BCUT2D eigenvalue weighted by atomic mass is 10.0. The van der Waals surface area contributed by atoms with Crippen LogP contribution in [0.3, 0.4) is 0 Å². The van der Waals surface area contributed by atoms with Crippen molar-refractivity contribution in [1.82, 2.24) is 10.2 Å². The van der Waals surface area contributed by atoms with Gasteiger partial charge in [0.2, 0.25) is 11.8 Å². The van der Waals surface area contributed by atoms with Crippen LogP contribution in [0, 0.1) is 0 Å². The van der Waals surface area contributed by atoms with Crippen molar-refractivity contribution >= 4 is 43.5 Å². The maximum atomic E-state index is 14.9. The Kier molecular flexibility index (Phi) is 13.7. The third kappa shape index (κ3) is 9.73. The van der Waals surface area contributed by atoms with E-state index in [0.29, 0.717) is 17.9 Å². The van der Waals surface area contributed by atoms with Gasteiger partial charge in [0.05, 0.1) is 39.0 Å². The summed E-state index contributed by atoms with van der Waals surface area (Å²) in [5.74, 6) is 0.0554. The third-order valence-electron chi connectivity index (χ3n) is 8.39. The number of methoxy groups -OCH3 is 4. The Morgan fingerprint density at radius 3 is 2.08 bits per heavy atom. The van der Waals surface area contributed by atoms with Crippen molar-refractivity contribution in [2.75, 3.05) is 39.3 Å². The average molecular weight is 783 g/mol. The van der Waals surface area contributed by atoms with Crippen LogP contribution in [0.1, 0.15) is 31.4 Å². The van der Waals surface area contributed by atoms with Gasteiger partial charge >= 0.3 is 0 Å². The Morgan fingerprint density at radius 1 is 0.784 bits per heavy atom. The van der Waals surface area contributed by atoms with Crippen molar-refractivity contribution < 1.29 is 37.0 Å². The Morgan fingerprint density at radius 2 is 1.45 bits per heavy atom. The van der Waals surface area contributed by atoms with E-state index >= 15 is 0 Å². The lowest BCUT2D eigenvalue weighted by molar-refractivity contribution is -0.140. The third-order valence-corrected chi connectivity index (χ3v) is 10.6. The topological polar surface area (TPSA) is 124 Å². The average Bonchev–Trinajstić information content (AvgIpc) is 3.14. The molecule has 2 atom stereocenters. The van der Waals surface area contributed by atoms with E-state index < -0.39 is 28.5 Å². The summed E-state index contributed by atoms with van der Waals surface area (Å²) < 4.78 is 52.9. The monoisotopic (exact) mass is 781 g/mol. The van der Waals surface area contributed by atoms with Gasteiger partial charge in [-0.05, 0) is 60.9 Å². The highest BCUT2D eigenvalue weighted by molar-refractivity contribution is 9.10. The number of anilines is 1. The highest BCUT2D eigenvalue weighted by Crippen LogP contribution is 2.38. The van der Waals surface area contributed by atoms with Crippen LogP contribution >= 0.6 is 15.9 Å². The van der Waals surface area contributed by atoms with Gasteiger partial charge in [0.15, 0.2) is 11.5 Å². The smallest absolute Gasteiger partial charge is 0.265 e. The van der Waals surface area contributed by atoms with Crippen molar-refractivity contribution in [3.05, 3.63) is 107 Å². The SMILES string of the molecule is CC[C@H](C)NC(=O)[C@H](Cc1ccccc1)N(Cc1cccc(Br)c1)C(=O)CN(c1cc(OC)ccc1OC)S(=O)(=O)c1ccc(OC)c(OC)c1. The van der Waals surface area contributed by atoms with Crippen LogP contribution in [0.2, 0.25) is 0 Å². The van der Waals surface area contributed by atoms with Gasteiger partial charge in [0, 0.05) is 35.6 Å². The molecule has 11 nitrogen and oxygen atoms in total. The number of ether oxygens (including phenoxy) is 4. The van der Waals surface area contributed by atoms with E-state index in [1.807, 2.05) is 68.4 Å². The zero-order valence-electron chi connectivity index (χ0n) is 29.6. The summed E-state index contributed by atoms with van der Waals surface area (Å²) in [4.78, 5) is 30.3. The molecule has 0 heterocycles. The molecule has 1 N–H and O–H groups in total. The fourth-order valence-electron chi connectivity index (χ4n) is 5.44. The van der Waals surface area contributed by atoms with E-state index in [-0.39, 0.29) is 47.0 Å². The Hall–Kier alpha value is -4.75. The lowest BCUT2D eigenvalue weighted by Gasteiger charge is -2.34. The second-order valence-electron chi connectivity index (χ2n) is 11.7. The Labute approximate surface area is 308 Å². The summed E-state index contributed by atoms with van der Waals surface area (Å²) in [5, 5.41) is 3.04. The number of amides is 2. The summed E-state index contributed by atoms with van der Waals surface area (Å²) in [6.45, 7) is 3.18. The number of nitrogens with one attached hydrogen (secondary N) is 1. The molecule has 0 fully saturated rings. The predicted octanol–water partition coefficient (Wildman–Crippen LogP) is 6.23. The van der Waals surface area contributed by atoms with Crippen molar-refractivity contribution in [2.45, 2.75) is 50.2 Å². The first-order valence-electron chi connectivity index (χ1n) is 16.3. The second kappa shape index (κ2) is 18.0. The van der Waals surface area contributed by atoms with Gasteiger partial charge in [-0.15, -0.1) is 0 Å². The van der Waals surface area contributed by atoms with Crippen LogP contribution < -0.4 is 28.6 Å². The molecule has 272 valence electrons. The minimum atomic E-state index is -4.50. The van der Waals surface area contributed by atoms with Crippen LogP contribution in [-0.4, -0.2) is 72.2 Å².